The molecule has 4 nitrogen and oxygen atoms in total. The van der Waals surface area contributed by atoms with E-state index in [0.29, 0.717) is 5.02 Å². The number of aromatic amines is 1. The zero-order valence-electron chi connectivity index (χ0n) is 8.99. The number of rotatable bonds is 1. The number of carboxylic acids is 1. The van der Waals surface area contributed by atoms with Gasteiger partial charge >= 0.3 is 5.97 Å². The number of carbonyl (C=O) groups is 1. The van der Waals surface area contributed by atoms with Crippen molar-refractivity contribution in [3.63, 3.8) is 0 Å². The monoisotopic (exact) mass is 248 g/mol. The van der Waals surface area contributed by atoms with Crippen LogP contribution in [-0.4, -0.2) is 20.6 Å². The van der Waals surface area contributed by atoms with Crippen molar-refractivity contribution in [1.82, 2.24) is 9.55 Å². The fourth-order valence-corrected chi connectivity index (χ4v) is 2.32. The van der Waals surface area contributed by atoms with Crippen LogP contribution in [0.2, 0.25) is 5.02 Å². The minimum absolute atomic E-state index is 0.267. The van der Waals surface area contributed by atoms with Crippen molar-refractivity contribution < 1.29 is 9.90 Å². The average molecular weight is 249 g/mol. The number of aryl methyl sites for hydroxylation is 1. The van der Waals surface area contributed by atoms with Crippen LogP contribution in [0.5, 0.6) is 0 Å². The van der Waals surface area contributed by atoms with Gasteiger partial charge in [-0.1, -0.05) is 17.7 Å². The van der Waals surface area contributed by atoms with Gasteiger partial charge in [-0.2, -0.15) is 0 Å². The molecule has 2 aromatic heterocycles. The van der Waals surface area contributed by atoms with Gasteiger partial charge in [0.15, 0.2) is 0 Å². The number of H-pyrrole nitrogens is 1. The second kappa shape index (κ2) is 3.28. The van der Waals surface area contributed by atoms with Gasteiger partial charge in [0.2, 0.25) is 0 Å². The lowest BCUT2D eigenvalue weighted by Crippen LogP contribution is -2.03. The number of benzene rings is 1. The molecule has 86 valence electrons. The number of aromatic carboxylic acids is 1. The fourth-order valence-electron chi connectivity index (χ4n) is 2.15. The lowest BCUT2D eigenvalue weighted by Gasteiger charge is -1.97. The maximum Gasteiger partial charge on any atom is 0.352 e. The number of fused-ring (bicyclic) bond motifs is 3. The Kier molecular flexibility index (Phi) is 1.97. The van der Waals surface area contributed by atoms with Crippen molar-refractivity contribution in [3.05, 3.63) is 35.0 Å². The maximum atomic E-state index is 11.0. The molecular weight excluding hydrogens is 240 g/mol. The summed E-state index contributed by atoms with van der Waals surface area (Å²) in [5, 5.41) is 11.6. The van der Waals surface area contributed by atoms with Crippen molar-refractivity contribution in [2.45, 2.75) is 0 Å². The summed E-state index contributed by atoms with van der Waals surface area (Å²) in [5.41, 5.74) is 1.97. The normalized spacial score (nSPS) is 11.4. The molecule has 0 radical (unpaired) electrons. The molecule has 0 aliphatic carbocycles. The molecule has 0 fully saturated rings. The van der Waals surface area contributed by atoms with E-state index < -0.39 is 5.97 Å². The minimum Gasteiger partial charge on any atom is -0.477 e. The molecule has 17 heavy (non-hydrogen) atoms. The molecule has 2 heterocycles. The first kappa shape index (κ1) is 10.2. The number of hydrogen-bond acceptors (Lipinski definition) is 1. The summed E-state index contributed by atoms with van der Waals surface area (Å²) >= 11 is 5.91. The van der Waals surface area contributed by atoms with Crippen molar-refractivity contribution in [3.8, 4) is 0 Å². The Morgan fingerprint density at radius 2 is 2.12 bits per heavy atom. The molecule has 0 saturated heterocycles. The molecule has 0 spiro atoms. The van der Waals surface area contributed by atoms with Gasteiger partial charge < -0.3 is 14.7 Å². The van der Waals surface area contributed by atoms with Crippen molar-refractivity contribution in [1.29, 1.82) is 0 Å². The van der Waals surface area contributed by atoms with Crippen LogP contribution in [-0.2, 0) is 7.05 Å². The first-order chi connectivity index (χ1) is 8.08. The zero-order valence-corrected chi connectivity index (χ0v) is 9.75. The topological polar surface area (TPSA) is 58.0 Å². The lowest BCUT2D eigenvalue weighted by molar-refractivity contribution is 0.0687. The Balaban J connectivity index is 2.45. The van der Waals surface area contributed by atoms with Crippen LogP contribution in [0.1, 0.15) is 10.5 Å². The Hall–Kier alpha value is -1.94. The number of nitrogens with one attached hydrogen (secondary N) is 1. The smallest absolute Gasteiger partial charge is 0.352 e. The van der Waals surface area contributed by atoms with Crippen molar-refractivity contribution in [2.75, 3.05) is 0 Å². The standard InChI is InChI=1S/C12H9ClN2O2/c1-15-10(12(16)17)5-8-7-3-2-6(13)4-9(7)14-11(8)15/h2-5,14H,1H3,(H,16,17). The summed E-state index contributed by atoms with van der Waals surface area (Å²) in [7, 11) is 1.72. The zero-order chi connectivity index (χ0) is 12.2. The predicted molar refractivity (Wildman–Crippen MR) is 66.7 cm³/mol. The van der Waals surface area contributed by atoms with E-state index >= 15 is 0 Å². The van der Waals surface area contributed by atoms with E-state index in [1.165, 1.54) is 0 Å². The van der Waals surface area contributed by atoms with Crippen LogP contribution < -0.4 is 0 Å². The summed E-state index contributed by atoms with van der Waals surface area (Å²) in [5.74, 6) is -0.931. The number of aromatic nitrogens is 2. The van der Waals surface area contributed by atoms with Crippen LogP contribution in [0.15, 0.2) is 24.3 Å². The first-order valence-electron chi connectivity index (χ1n) is 5.08. The highest BCUT2D eigenvalue weighted by molar-refractivity contribution is 6.31. The summed E-state index contributed by atoms with van der Waals surface area (Å²) in [4.78, 5) is 14.2. The van der Waals surface area contributed by atoms with Gasteiger partial charge in [0, 0.05) is 28.4 Å². The van der Waals surface area contributed by atoms with Gasteiger partial charge in [0.05, 0.1) is 0 Å². The quantitative estimate of drug-likeness (QED) is 0.695. The molecule has 0 aliphatic heterocycles. The maximum absolute atomic E-state index is 11.0. The van der Waals surface area contributed by atoms with E-state index in [2.05, 4.69) is 4.98 Å². The summed E-state index contributed by atoms with van der Waals surface area (Å²) < 4.78 is 1.63. The van der Waals surface area contributed by atoms with Gasteiger partial charge in [0.25, 0.3) is 0 Å². The second-order valence-electron chi connectivity index (χ2n) is 3.97. The molecule has 5 heteroatoms. The van der Waals surface area contributed by atoms with Crippen LogP contribution in [0.4, 0.5) is 0 Å². The van der Waals surface area contributed by atoms with E-state index in [1.54, 1.807) is 23.7 Å². The van der Waals surface area contributed by atoms with E-state index in [0.717, 1.165) is 21.9 Å². The largest absolute Gasteiger partial charge is 0.477 e. The van der Waals surface area contributed by atoms with Crippen molar-refractivity contribution >= 4 is 39.5 Å². The Morgan fingerprint density at radius 1 is 1.35 bits per heavy atom. The third-order valence-electron chi connectivity index (χ3n) is 2.98. The van der Waals surface area contributed by atoms with Crippen LogP contribution in [0.3, 0.4) is 0 Å². The molecule has 0 saturated carbocycles. The summed E-state index contributed by atoms with van der Waals surface area (Å²) in [6, 6.07) is 7.19. The number of nitrogens with zero attached hydrogens (tertiary/aromatic N) is 1. The van der Waals surface area contributed by atoms with Crippen LogP contribution in [0, 0.1) is 0 Å². The van der Waals surface area contributed by atoms with Gasteiger partial charge in [-0.15, -0.1) is 0 Å². The molecule has 0 aliphatic rings. The van der Waals surface area contributed by atoms with Crippen LogP contribution >= 0.6 is 11.6 Å². The average Bonchev–Trinajstić information content (AvgIpc) is 2.76. The molecule has 0 bridgehead atoms. The molecule has 0 atom stereocenters. The lowest BCUT2D eigenvalue weighted by atomic mass is 10.2. The number of halogens is 1. The highest BCUT2D eigenvalue weighted by Crippen LogP contribution is 2.29. The summed E-state index contributed by atoms with van der Waals surface area (Å²) in [6.07, 6.45) is 0. The Morgan fingerprint density at radius 3 is 2.82 bits per heavy atom. The highest BCUT2D eigenvalue weighted by atomic mass is 35.5. The molecule has 0 unspecified atom stereocenters. The third kappa shape index (κ3) is 1.34. The predicted octanol–water partition coefficient (Wildman–Crippen LogP) is 3.01. The Labute approximate surface area is 101 Å². The van der Waals surface area contributed by atoms with Gasteiger partial charge in [-0.05, 0) is 18.2 Å². The molecular formula is C12H9ClN2O2. The third-order valence-corrected chi connectivity index (χ3v) is 3.21. The second-order valence-corrected chi connectivity index (χ2v) is 4.41. The van der Waals surface area contributed by atoms with Crippen molar-refractivity contribution in [2.24, 2.45) is 7.05 Å². The first-order valence-corrected chi connectivity index (χ1v) is 5.45. The Bertz CT molecular complexity index is 755. The van der Waals surface area contributed by atoms with E-state index in [4.69, 9.17) is 16.7 Å². The van der Waals surface area contributed by atoms with E-state index in [9.17, 15) is 4.79 Å². The molecule has 3 aromatic rings. The molecule has 2 N–H and O–H groups in total. The number of carboxylic acid groups (broad SMARTS) is 1. The van der Waals surface area contributed by atoms with E-state index in [1.807, 2.05) is 12.1 Å². The molecule has 0 amide bonds. The minimum atomic E-state index is -0.931. The van der Waals surface area contributed by atoms with Crippen LogP contribution in [0.25, 0.3) is 21.9 Å². The molecule has 1 aromatic carbocycles. The van der Waals surface area contributed by atoms with E-state index in [-0.39, 0.29) is 5.69 Å². The number of hydrogen-bond donors (Lipinski definition) is 2. The van der Waals surface area contributed by atoms with Gasteiger partial charge in [0.1, 0.15) is 11.3 Å². The summed E-state index contributed by atoms with van der Waals surface area (Å²) in [6.45, 7) is 0. The van der Waals surface area contributed by atoms with Gasteiger partial charge in [-0.25, -0.2) is 4.79 Å². The highest BCUT2D eigenvalue weighted by Gasteiger charge is 2.15. The SMILES string of the molecule is Cn1c(C(=O)O)cc2c3ccc(Cl)cc3[nH]c21. The fraction of sp³-hybridized carbons (Fsp3) is 0.0833. The van der Waals surface area contributed by atoms with Gasteiger partial charge in [-0.3, -0.25) is 0 Å². The molecule has 3 rings (SSSR count).